The second kappa shape index (κ2) is 7.04. The maximum atomic E-state index is 12.3. The van der Waals surface area contributed by atoms with Gasteiger partial charge in [0.15, 0.2) is 6.10 Å². The number of Topliss-reactive ketones (excluding diaryl/α,β-unsaturated/α-hetero) is 1. The summed E-state index contributed by atoms with van der Waals surface area (Å²) in [5.74, 6) is -0.719. The Kier molecular flexibility index (Phi) is 5.12. The van der Waals surface area contributed by atoms with Gasteiger partial charge in [0.1, 0.15) is 0 Å². The number of halogens is 1. The lowest BCUT2D eigenvalue weighted by Gasteiger charge is -2.15. The Bertz CT molecular complexity index is 620. The molecular formula is C17H15ClO3. The number of esters is 1. The van der Waals surface area contributed by atoms with E-state index in [2.05, 4.69) is 0 Å². The second-order valence-electron chi connectivity index (χ2n) is 4.54. The molecule has 1 atom stereocenters. The van der Waals surface area contributed by atoms with Crippen LogP contribution in [0.25, 0.3) is 0 Å². The molecule has 4 heteroatoms. The van der Waals surface area contributed by atoms with Gasteiger partial charge in [-0.3, -0.25) is 4.79 Å². The smallest absolute Gasteiger partial charge is 0.338 e. The van der Waals surface area contributed by atoms with Gasteiger partial charge in [-0.15, -0.1) is 0 Å². The molecule has 0 spiro atoms. The van der Waals surface area contributed by atoms with Crippen LogP contribution in [0.1, 0.15) is 34.1 Å². The first-order chi connectivity index (χ1) is 10.1. The summed E-state index contributed by atoms with van der Waals surface area (Å²) >= 11 is 5.77. The zero-order valence-electron chi connectivity index (χ0n) is 11.6. The van der Waals surface area contributed by atoms with Crippen LogP contribution in [0.3, 0.4) is 0 Å². The van der Waals surface area contributed by atoms with Crippen molar-refractivity contribution < 1.29 is 14.3 Å². The highest BCUT2D eigenvalue weighted by molar-refractivity contribution is 6.30. The van der Waals surface area contributed by atoms with Crippen molar-refractivity contribution >= 4 is 23.4 Å². The summed E-state index contributed by atoms with van der Waals surface area (Å²) < 4.78 is 5.31. The molecule has 0 aliphatic carbocycles. The first-order valence-electron chi connectivity index (χ1n) is 6.67. The van der Waals surface area contributed by atoms with E-state index < -0.39 is 12.1 Å². The lowest BCUT2D eigenvalue weighted by atomic mass is 10.0. The SMILES string of the molecule is CCC(OC(=O)c1ccc(Cl)cc1)C(=O)c1ccccc1. The Morgan fingerprint density at radius 1 is 1.00 bits per heavy atom. The van der Waals surface area contributed by atoms with E-state index in [1.54, 1.807) is 55.5 Å². The molecule has 0 heterocycles. The van der Waals surface area contributed by atoms with Gasteiger partial charge in [-0.05, 0) is 30.7 Å². The van der Waals surface area contributed by atoms with Crippen LogP contribution in [-0.2, 0) is 4.74 Å². The average molecular weight is 303 g/mol. The number of rotatable bonds is 5. The Hall–Kier alpha value is -2.13. The van der Waals surface area contributed by atoms with Gasteiger partial charge in [-0.1, -0.05) is 48.9 Å². The maximum absolute atomic E-state index is 12.3. The summed E-state index contributed by atoms with van der Waals surface area (Å²) in [6, 6.07) is 15.2. The van der Waals surface area contributed by atoms with E-state index in [9.17, 15) is 9.59 Å². The van der Waals surface area contributed by atoms with Crippen molar-refractivity contribution in [2.24, 2.45) is 0 Å². The molecule has 1 unspecified atom stereocenters. The van der Waals surface area contributed by atoms with Crippen molar-refractivity contribution in [3.05, 3.63) is 70.7 Å². The number of hydrogen-bond acceptors (Lipinski definition) is 3. The minimum atomic E-state index is -0.782. The largest absolute Gasteiger partial charge is 0.450 e. The van der Waals surface area contributed by atoms with Crippen LogP contribution in [0.4, 0.5) is 0 Å². The number of ketones is 1. The third kappa shape index (κ3) is 3.92. The first-order valence-corrected chi connectivity index (χ1v) is 7.05. The molecule has 2 rings (SSSR count). The van der Waals surface area contributed by atoms with Crippen molar-refractivity contribution in [2.75, 3.05) is 0 Å². The molecule has 0 amide bonds. The fourth-order valence-electron chi connectivity index (χ4n) is 1.89. The van der Waals surface area contributed by atoms with Crippen LogP contribution in [0.2, 0.25) is 5.02 Å². The maximum Gasteiger partial charge on any atom is 0.338 e. The normalized spacial score (nSPS) is 11.7. The van der Waals surface area contributed by atoms with Crippen LogP contribution in [0.5, 0.6) is 0 Å². The highest BCUT2D eigenvalue weighted by Crippen LogP contribution is 2.14. The molecule has 2 aromatic carbocycles. The highest BCUT2D eigenvalue weighted by Gasteiger charge is 2.22. The molecule has 0 aliphatic rings. The molecule has 0 saturated carbocycles. The number of ether oxygens (including phenoxy) is 1. The molecule has 2 aromatic rings. The van der Waals surface area contributed by atoms with Gasteiger partial charge in [-0.25, -0.2) is 4.79 Å². The summed E-state index contributed by atoms with van der Waals surface area (Å²) in [6.07, 6.45) is -0.358. The lowest BCUT2D eigenvalue weighted by Crippen LogP contribution is -2.26. The predicted octanol–water partition coefficient (Wildman–Crippen LogP) is 4.16. The molecule has 0 aliphatic heterocycles. The number of carbonyl (C=O) groups is 2. The van der Waals surface area contributed by atoms with Gasteiger partial charge >= 0.3 is 5.97 Å². The number of hydrogen-bond donors (Lipinski definition) is 0. The second-order valence-corrected chi connectivity index (χ2v) is 4.98. The van der Waals surface area contributed by atoms with Gasteiger partial charge in [0.05, 0.1) is 5.56 Å². The quantitative estimate of drug-likeness (QED) is 0.615. The summed E-state index contributed by atoms with van der Waals surface area (Å²) in [6.45, 7) is 1.81. The molecule has 0 radical (unpaired) electrons. The summed E-state index contributed by atoms with van der Waals surface area (Å²) in [4.78, 5) is 24.3. The molecule has 21 heavy (non-hydrogen) atoms. The van der Waals surface area contributed by atoms with Crippen LogP contribution >= 0.6 is 11.6 Å². The van der Waals surface area contributed by atoms with E-state index in [4.69, 9.17) is 16.3 Å². The Balaban J connectivity index is 2.10. The Morgan fingerprint density at radius 2 is 1.62 bits per heavy atom. The van der Waals surface area contributed by atoms with Crippen molar-refractivity contribution in [1.29, 1.82) is 0 Å². The minimum Gasteiger partial charge on any atom is -0.450 e. The van der Waals surface area contributed by atoms with E-state index in [1.165, 1.54) is 0 Å². The van der Waals surface area contributed by atoms with Gasteiger partial charge in [-0.2, -0.15) is 0 Å². The molecule has 108 valence electrons. The molecule has 0 fully saturated rings. The molecule has 0 aromatic heterocycles. The predicted molar refractivity (Wildman–Crippen MR) is 81.7 cm³/mol. The zero-order valence-corrected chi connectivity index (χ0v) is 12.3. The van der Waals surface area contributed by atoms with Gasteiger partial charge in [0, 0.05) is 10.6 Å². The number of carbonyl (C=O) groups excluding carboxylic acids is 2. The molecule has 3 nitrogen and oxygen atoms in total. The standard InChI is InChI=1S/C17H15ClO3/c1-2-15(16(19)12-6-4-3-5-7-12)21-17(20)13-8-10-14(18)11-9-13/h3-11,15H,2H2,1H3. The van der Waals surface area contributed by atoms with E-state index >= 15 is 0 Å². The van der Waals surface area contributed by atoms with E-state index in [0.717, 1.165) is 0 Å². The van der Waals surface area contributed by atoms with Crippen molar-refractivity contribution in [1.82, 2.24) is 0 Å². The summed E-state index contributed by atoms with van der Waals surface area (Å²) in [5, 5.41) is 0.541. The van der Waals surface area contributed by atoms with E-state index in [-0.39, 0.29) is 5.78 Å². The molecule has 0 bridgehead atoms. The first kappa shape index (κ1) is 15.3. The zero-order chi connectivity index (χ0) is 15.2. The third-order valence-electron chi connectivity index (χ3n) is 3.05. The van der Waals surface area contributed by atoms with E-state index in [1.807, 2.05) is 6.07 Å². The highest BCUT2D eigenvalue weighted by atomic mass is 35.5. The summed E-state index contributed by atoms with van der Waals surface area (Å²) in [7, 11) is 0. The monoisotopic (exact) mass is 302 g/mol. The van der Waals surface area contributed by atoms with Crippen LogP contribution in [0.15, 0.2) is 54.6 Å². The molecule has 0 N–H and O–H groups in total. The van der Waals surface area contributed by atoms with Crippen molar-refractivity contribution in [2.45, 2.75) is 19.4 Å². The Labute approximate surface area is 128 Å². The minimum absolute atomic E-state index is 0.194. The van der Waals surface area contributed by atoms with Crippen LogP contribution in [0, 0.1) is 0 Å². The van der Waals surface area contributed by atoms with Crippen LogP contribution in [-0.4, -0.2) is 17.9 Å². The van der Waals surface area contributed by atoms with Gasteiger partial charge in [0.2, 0.25) is 5.78 Å². The van der Waals surface area contributed by atoms with Gasteiger partial charge in [0.25, 0.3) is 0 Å². The average Bonchev–Trinajstić information content (AvgIpc) is 2.53. The van der Waals surface area contributed by atoms with E-state index in [0.29, 0.717) is 22.6 Å². The third-order valence-corrected chi connectivity index (χ3v) is 3.30. The topological polar surface area (TPSA) is 43.4 Å². The van der Waals surface area contributed by atoms with Crippen LogP contribution < -0.4 is 0 Å². The molecular weight excluding hydrogens is 288 g/mol. The summed E-state index contributed by atoms with van der Waals surface area (Å²) in [5.41, 5.74) is 0.909. The van der Waals surface area contributed by atoms with Crippen molar-refractivity contribution in [3.63, 3.8) is 0 Å². The fraction of sp³-hybridized carbons (Fsp3) is 0.176. The molecule has 0 saturated heterocycles. The lowest BCUT2D eigenvalue weighted by molar-refractivity contribution is 0.0277. The van der Waals surface area contributed by atoms with Crippen molar-refractivity contribution in [3.8, 4) is 0 Å². The fourth-order valence-corrected chi connectivity index (χ4v) is 2.02. The van der Waals surface area contributed by atoms with Gasteiger partial charge < -0.3 is 4.74 Å². The Morgan fingerprint density at radius 3 is 2.19 bits per heavy atom. The number of benzene rings is 2.